The van der Waals surface area contributed by atoms with Crippen LogP contribution in [0.25, 0.3) is 0 Å². The van der Waals surface area contributed by atoms with Crippen molar-refractivity contribution >= 4 is 17.4 Å². The lowest BCUT2D eigenvalue weighted by Crippen LogP contribution is -2.08. The Balaban J connectivity index is 2.29. The number of halogens is 3. The third-order valence-electron chi connectivity index (χ3n) is 2.55. The van der Waals surface area contributed by atoms with Crippen LogP contribution in [0, 0.1) is 17.0 Å². The quantitative estimate of drug-likeness (QED) is 0.642. The van der Waals surface area contributed by atoms with Crippen molar-refractivity contribution in [3.8, 4) is 0 Å². The third kappa shape index (κ3) is 3.32. The van der Waals surface area contributed by atoms with E-state index in [1.54, 1.807) is 6.92 Å². The molecule has 0 saturated heterocycles. The number of nitro groups is 1. The lowest BCUT2D eigenvalue weighted by atomic mass is 10.2. The van der Waals surface area contributed by atoms with Crippen LogP contribution in [0.5, 0.6) is 0 Å². The van der Waals surface area contributed by atoms with E-state index in [0.29, 0.717) is 10.5 Å². The van der Waals surface area contributed by atoms with Crippen molar-refractivity contribution < 1.29 is 18.1 Å². The molecule has 0 aliphatic rings. The molecule has 6 nitrogen and oxygen atoms in total. The maximum atomic E-state index is 12.5. The van der Waals surface area contributed by atoms with Crippen molar-refractivity contribution in [2.45, 2.75) is 23.2 Å². The Labute approximate surface area is 121 Å². The molecule has 0 bridgehead atoms. The van der Waals surface area contributed by atoms with Crippen LogP contribution in [0.3, 0.4) is 0 Å². The molecule has 112 valence electrons. The van der Waals surface area contributed by atoms with E-state index < -0.39 is 16.9 Å². The Kier molecular flexibility index (Phi) is 3.90. The minimum atomic E-state index is -4.61. The maximum Gasteiger partial charge on any atom is 0.453 e. The molecule has 0 atom stereocenters. The molecule has 0 amide bonds. The van der Waals surface area contributed by atoms with Crippen molar-refractivity contribution in [1.82, 2.24) is 14.8 Å². The van der Waals surface area contributed by atoms with Gasteiger partial charge in [0.2, 0.25) is 0 Å². The number of alkyl halides is 3. The predicted octanol–water partition coefficient (Wildman–Crippen LogP) is 3.20. The summed E-state index contributed by atoms with van der Waals surface area (Å²) in [5, 5.41) is 14.1. The van der Waals surface area contributed by atoms with Crippen LogP contribution in [-0.2, 0) is 13.2 Å². The molecule has 0 spiro atoms. The second-order valence-corrected chi connectivity index (χ2v) is 5.19. The molecule has 0 unspecified atom stereocenters. The first-order valence-electron chi connectivity index (χ1n) is 5.59. The average molecular weight is 318 g/mol. The highest BCUT2D eigenvalue weighted by molar-refractivity contribution is 7.99. The predicted molar refractivity (Wildman–Crippen MR) is 68.0 cm³/mol. The lowest BCUT2D eigenvalue weighted by molar-refractivity contribution is -0.385. The first-order valence-corrected chi connectivity index (χ1v) is 6.41. The fourth-order valence-corrected chi connectivity index (χ4v) is 2.47. The van der Waals surface area contributed by atoms with Crippen molar-refractivity contribution in [2.75, 3.05) is 0 Å². The van der Waals surface area contributed by atoms with Crippen LogP contribution >= 0.6 is 11.8 Å². The standard InChI is InChI=1S/C11H9F3N4O2S/c1-6-5-7(3-4-8(6)18(19)20)21-10-15-9(11(12,13)14)16-17(10)2/h3-5H,1-2H3. The largest absolute Gasteiger partial charge is 0.453 e. The highest BCUT2D eigenvalue weighted by Crippen LogP contribution is 2.32. The first kappa shape index (κ1) is 15.3. The van der Waals surface area contributed by atoms with E-state index in [-0.39, 0.29) is 10.8 Å². The molecule has 0 aliphatic carbocycles. The molecule has 1 aromatic carbocycles. The van der Waals surface area contributed by atoms with Crippen LogP contribution in [0.4, 0.5) is 18.9 Å². The van der Waals surface area contributed by atoms with Gasteiger partial charge in [-0.1, -0.05) is 11.8 Å². The van der Waals surface area contributed by atoms with Gasteiger partial charge in [0.1, 0.15) is 0 Å². The number of hydrogen-bond donors (Lipinski definition) is 0. The number of aryl methyl sites for hydroxylation is 2. The minimum absolute atomic E-state index is 0.0479. The summed E-state index contributed by atoms with van der Waals surface area (Å²) in [6.07, 6.45) is -4.61. The van der Waals surface area contributed by atoms with Gasteiger partial charge in [-0.2, -0.15) is 18.2 Å². The summed E-state index contributed by atoms with van der Waals surface area (Å²) >= 11 is 0.952. The highest BCUT2D eigenvalue weighted by Gasteiger charge is 2.36. The van der Waals surface area contributed by atoms with Gasteiger partial charge in [0, 0.05) is 23.6 Å². The van der Waals surface area contributed by atoms with Gasteiger partial charge in [0.15, 0.2) is 5.16 Å². The second-order valence-electron chi connectivity index (χ2n) is 4.15. The summed E-state index contributed by atoms with van der Waals surface area (Å²) in [5.41, 5.74) is 0.372. The molecule has 0 radical (unpaired) electrons. The molecule has 0 aliphatic heterocycles. The van der Waals surface area contributed by atoms with E-state index in [4.69, 9.17) is 0 Å². The molecule has 10 heteroatoms. The van der Waals surface area contributed by atoms with Crippen molar-refractivity contribution in [3.63, 3.8) is 0 Å². The van der Waals surface area contributed by atoms with Crippen LogP contribution in [0.2, 0.25) is 0 Å². The summed E-state index contributed by atoms with van der Waals surface area (Å²) in [6, 6.07) is 4.28. The number of aromatic nitrogens is 3. The van der Waals surface area contributed by atoms with Crippen LogP contribution < -0.4 is 0 Å². The number of hydrogen-bond acceptors (Lipinski definition) is 5. The molecule has 21 heavy (non-hydrogen) atoms. The second kappa shape index (κ2) is 5.35. The smallest absolute Gasteiger partial charge is 0.258 e. The van der Waals surface area contributed by atoms with E-state index >= 15 is 0 Å². The zero-order valence-electron chi connectivity index (χ0n) is 10.9. The van der Waals surface area contributed by atoms with Crippen LogP contribution in [0.1, 0.15) is 11.4 Å². The topological polar surface area (TPSA) is 73.8 Å². The van der Waals surface area contributed by atoms with Gasteiger partial charge in [0.05, 0.1) is 4.92 Å². The monoisotopic (exact) mass is 318 g/mol. The summed E-state index contributed by atoms with van der Waals surface area (Å²) in [4.78, 5) is 14.1. The molecule has 1 aromatic heterocycles. The van der Waals surface area contributed by atoms with Crippen molar-refractivity contribution in [3.05, 3.63) is 39.7 Å². The minimum Gasteiger partial charge on any atom is -0.258 e. The fraction of sp³-hybridized carbons (Fsp3) is 0.273. The van der Waals surface area contributed by atoms with Crippen molar-refractivity contribution in [2.24, 2.45) is 7.05 Å². The lowest BCUT2D eigenvalue weighted by Gasteiger charge is -2.02. The maximum absolute atomic E-state index is 12.5. The van der Waals surface area contributed by atoms with Crippen molar-refractivity contribution in [1.29, 1.82) is 0 Å². The van der Waals surface area contributed by atoms with E-state index in [2.05, 4.69) is 10.1 Å². The number of nitro benzene ring substituents is 1. The zero-order chi connectivity index (χ0) is 15.8. The van der Waals surface area contributed by atoms with Gasteiger partial charge in [-0.15, -0.1) is 5.10 Å². The number of rotatable bonds is 3. The van der Waals surface area contributed by atoms with Crippen LogP contribution in [-0.4, -0.2) is 19.7 Å². The summed E-state index contributed by atoms with van der Waals surface area (Å²) in [6.45, 7) is 1.56. The Bertz CT molecular complexity index is 699. The first-order chi connectivity index (χ1) is 9.68. The molecule has 2 rings (SSSR count). The molecular weight excluding hydrogens is 309 g/mol. The van der Waals surface area contributed by atoms with Gasteiger partial charge < -0.3 is 0 Å². The normalized spacial score (nSPS) is 11.7. The van der Waals surface area contributed by atoms with Gasteiger partial charge in [-0.05, 0) is 19.1 Å². The molecule has 1 heterocycles. The van der Waals surface area contributed by atoms with E-state index in [1.165, 1.54) is 25.2 Å². The highest BCUT2D eigenvalue weighted by atomic mass is 32.2. The van der Waals surface area contributed by atoms with Gasteiger partial charge >= 0.3 is 6.18 Å². The van der Waals surface area contributed by atoms with E-state index in [9.17, 15) is 23.3 Å². The number of benzene rings is 1. The summed E-state index contributed by atoms with van der Waals surface area (Å²) < 4.78 is 38.5. The molecule has 0 fully saturated rings. The van der Waals surface area contributed by atoms with Gasteiger partial charge in [-0.25, -0.2) is 4.68 Å². The van der Waals surface area contributed by atoms with Crippen LogP contribution in [0.15, 0.2) is 28.3 Å². The van der Waals surface area contributed by atoms with E-state index in [0.717, 1.165) is 16.4 Å². The zero-order valence-corrected chi connectivity index (χ0v) is 11.7. The van der Waals surface area contributed by atoms with Gasteiger partial charge in [0.25, 0.3) is 11.5 Å². The van der Waals surface area contributed by atoms with Gasteiger partial charge in [-0.3, -0.25) is 10.1 Å². The van der Waals surface area contributed by atoms with E-state index in [1.807, 2.05) is 0 Å². The third-order valence-corrected chi connectivity index (χ3v) is 3.58. The molecule has 0 N–H and O–H groups in total. The summed E-state index contributed by atoms with van der Waals surface area (Å²) in [7, 11) is 1.35. The molecule has 0 saturated carbocycles. The Morgan fingerprint density at radius 2 is 2.05 bits per heavy atom. The fourth-order valence-electron chi connectivity index (χ4n) is 1.58. The Morgan fingerprint density at radius 3 is 2.52 bits per heavy atom. The molecular formula is C11H9F3N4O2S. The average Bonchev–Trinajstić information content (AvgIpc) is 2.70. The Morgan fingerprint density at radius 1 is 1.38 bits per heavy atom. The SMILES string of the molecule is Cc1cc(Sc2nc(C(F)(F)F)nn2C)ccc1[N+](=O)[O-]. The summed E-state index contributed by atoms with van der Waals surface area (Å²) in [5.74, 6) is -1.22. The molecule has 2 aromatic rings. The number of nitrogens with zero attached hydrogens (tertiary/aromatic N) is 4. The Hall–Kier alpha value is -2.10.